The maximum atomic E-state index is 12.7. The van der Waals surface area contributed by atoms with Gasteiger partial charge in [0.05, 0.1) is 0 Å². The average Bonchev–Trinajstić information content (AvgIpc) is 2.96. The highest BCUT2D eigenvalue weighted by atomic mass is 16.2. The van der Waals surface area contributed by atoms with Crippen molar-refractivity contribution in [3.8, 4) is 0 Å². The minimum Gasteiger partial charge on any atom is -0.368 e. The van der Waals surface area contributed by atoms with Crippen LogP contribution < -0.4 is 11.1 Å². The van der Waals surface area contributed by atoms with Crippen LogP contribution >= 0.6 is 0 Å². The van der Waals surface area contributed by atoms with Gasteiger partial charge in [0.25, 0.3) is 0 Å². The van der Waals surface area contributed by atoms with Crippen molar-refractivity contribution in [1.29, 1.82) is 0 Å². The number of benzene rings is 1. The van der Waals surface area contributed by atoms with E-state index in [-0.39, 0.29) is 17.7 Å². The summed E-state index contributed by atoms with van der Waals surface area (Å²) >= 11 is 0. The number of aromatic amines is 1. The van der Waals surface area contributed by atoms with Gasteiger partial charge in [-0.2, -0.15) is 0 Å². The highest BCUT2D eigenvalue weighted by molar-refractivity contribution is 5.89. The zero-order chi connectivity index (χ0) is 17.3. The summed E-state index contributed by atoms with van der Waals surface area (Å²) in [6, 6.07) is 7.60. The second kappa shape index (κ2) is 6.67. The lowest BCUT2D eigenvalue weighted by atomic mass is 9.85. The molecule has 24 heavy (non-hydrogen) atoms. The van der Waals surface area contributed by atoms with Crippen LogP contribution in [0.5, 0.6) is 0 Å². The van der Waals surface area contributed by atoms with E-state index in [2.05, 4.69) is 22.4 Å². The number of H-pyrrole nitrogens is 1. The molecule has 1 aliphatic rings. The molecule has 1 aromatic carbocycles. The SMILES string of the molecule is CC[C@H](C)C(NC(=O)C1CCc2[nH]c3ccccc3c2C1)C(N)=O. The van der Waals surface area contributed by atoms with Crippen molar-refractivity contribution in [2.75, 3.05) is 0 Å². The molecule has 0 aliphatic heterocycles. The summed E-state index contributed by atoms with van der Waals surface area (Å²) < 4.78 is 0. The van der Waals surface area contributed by atoms with Gasteiger partial charge in [-0.1, -0.05) is 38.5 Å². The first-order chi connectivity index (χ1) is 11.5. The molecule has 0 radical (unpaired) electrons. The molecule has 3 atom stereocenters. The van der Waals surface area contributed by atoms with E-state index < -0.39 is 11.9 Å². The summed E-state index contributed by atoms with van der Waals surface area (Å²) in [6.07, 6.45) is 3.15. The van der Waals surface area contributed by atoms with Crippen LogP contribution in [0.3, 0.4) is 0 Å². The Morgan fingerprint density at radius 2 is 2.12 bits per heavy atom. The van der Waals surface area contributed by atoms with Crippen molar-refractivity contribution >= 4 is 22.7 Å². The van der Waals surface area contributed by atoms with Crippen LogP contribution in [0.4, 0.5) is 0 Å². The van der Waals surface area contributed by atoms with E-state index in [0.29, 0.717) is 6.42 Å². The minimum absolute atomic E-state index is 0.0405. The average molecular weight is 327 g/mol. The molecule has 1 heterocycles. The predicted molar refractivity (Wildman–Crippen MR) is 94.4 cm³/mol. The van der Waals surface area contributed by atoms with Crippen LogP contribution in [0.1, 0.15) is 37.9 Å². The summed E-state index contributed by atoms with van der Waals surface area (Å²) in [5.74, 6) is -0.586. The van der Waals surface area contributed by atoms with Crippen molar-refractivity contribution in [2.24, 2.45) is 17.6 Å². The maximum absolute atomic E-state index is 12.7. The second-order valence-electron chi connectivity index (χ2n) is 6.84. The van der Waals surface area contributed by atoms with Crippen molar-refractivity contribution < 1.29 is 9.59 Å². The molecule has 0 fully saturated rings. The highest BCUT2D eigenvalue weighted by Gasteiger charge is 2.31. The van der Waals surface area contributed by atoms with Crippen LogP contribution in [0.15, 0.2) is 24.3 Å². The third-order valence-electron chi connectivity index (χ3n) is 5.28. The van der Waals surface area contributed by atoms with Crippen LogP contribution in [-0.2, 0) is 22.4 Å². The molecule has 2 amide bonds. The van der Waals surface area contributed by atoms with Crippen LogP contribution in [0.25, 0.3) is 10.9 Å². The van der Waals surface area contributed by atoms with E-state index in [1.54, 1.807) is 0 Å². The number of nitrogens with two attached hydrogens (primary N) is 1. The fourth-order valence-electron chi connectivity index (χ4n) is 3.59. The number of fused-ring (bicyclic) bond motifs is 3. The van der Waals surface area contributed by atoms with E-state index in [1.807, 2.05) is 26.0 Å². The summed E-state index contributed by atoms with van der Waals surface area (Å²) in [6.45, 7) is 3.93. The second-order valence-corrected chi connectivity index (χ2v) is 6.84. The van der Waals surface area contributed by atoms with Gasteiger partial charge >= 0.3 is 0 Å². The number of carbonyl (C=O) groups is 2. The Balaban J connectivity index is 1.77. The molecule has 0 saturated carbocycles. The first kappa shape index (κ1) is 16.6. The number of amides is 2. The fourth-order valence-corrected chi connectivity index (χ4v) is 3.59. The smallest absolute Gasteiger partial charge is 0.240 e. The van der Waals surface area contributed by atoms with E-state index in [1.165, 1.54) is 16.6 Å². The first-order valence-electron chi connectivity index (χ1n) is 8.69. The van der Waals surface area contributed by atoms with E-state index in [4.69, 9.17) is 5.73 Å². The van der Waals surface area contributed by atoms with Gasteiger partial charge in [-0.3, -0.25) is 9.59 Å². The van der Waals surface area contributed by atoms with Gasteiger partial charge in [0.15, 0.2) is 0 Å². The lowest BCUT2D eigenvalue weighted by Gasteiger charge is -2.26. The zero-order valence-electron chi connectivity index (χ0n) is 14.3. The van der Waals surface area contributed by atoms with Gasteiger partial charge in [0, 0.05) is 22.5 Å². The minimum atomic E-state index is -0.591. The Hall–Kier alpha value is -2.30. The molecule has 1 aromatic heterocycles. The molecule has 3 rings (SSSR count). The molecule has 0 spiro atoms. The van der Waals surface area contributed by atoms with E-state index >= 15 is 0 Å². The fraction of sp³-hybridized carbons (Fsp3) is 0.474. The molecule has 4 N–H and O–H groups in total. The highest BCUT2D eigenvalue weighted by Crippen LogP contribution is 2.31. The molecular formula is C19H25N3O2. The van der Waals surface area contributed by atoms with Gasteiger partial charge < -0.3 is 16.0 Å². The molecule has 2 unspecified atom stereocenters. The quantitative estimate of drug-likeness (QED) is 0.787. The summed E-state index contributed by atoms with van der Waals surface area (Å²) in [4.78, 5) is 27.8. The van der Waals surface area contributed by atoms with Crippen LogP contribution in [-0.4, -0.2) is 22.8 Å². The van der Waals surface area contributed by atoms with Crippen molar-refractivity contribution in [1.82, 2.24) is 10.3 Å². The maximum Gasteiger partial charge on any atom is 0.240 e. The summed E-state index contributed by atoms with van der Waals surface area (Å²) in [5.41, 5.74) is 9.05. The topological polar surface area (TPSA) is 88.0 Å². The molecule has 5 heteroatoms. The number of primary amides is 1. The zero-order valence-corrected chi connectivity index (χ0v) is 14.3. The van der Waals surface area contributed by atoms with Crippen LogP contribution in [0, 0.1) is 11.8 Å². The number of nitrogens with one attached hydrogen (secondary N) is 2. The Morgan fingerprint density at radius 3 is 2.83 bits per heavy atom. The molecule has 128 valence electrons. The predicted octanol–water partition coefficient (Wildman–Crippen LogP) is 2.29. The lowest BCUT2D eigenvalue weighted by Crippen LogP contribution is -2.50. The normalized spacial score (nSPS) is 19.5. The van der Waals surface area contributed by atoms with Gasteiger partial charge in [-0.25, -0.2) is 0 Å². The number of hydrogen-bond acceptors (Lipinski definition) is 2. The van der Waals surface area contributed by atoms with Crippen molar-refractivity contribution in [2.45, 2.75) is 45.6 Å². The number of carbonyl (C=O) groups excluding carboxylic acids is 2. The molecule has 0 saturated heterocycles. The van der Waals surface area contributed by atoms with Gasteiger partial charge in [-0.05, 0) is 36.8 Å². The first-order valence-corrected chi connectivity index (χ1v) is 8.69. The molecule has 2 aromatic rings. The van der Waals surface area contributed by atoms with Gasteiger partial charge in [-0.15, -0.1) is 0 Å². The number of aryl methyl sites for hydroxylation is 1. The Morgan fingerprint density at radius 1 is 1.38 bits per heavy atom. The molecule has 5 nitrogen and oxygen atoms in total. The third kappa shape index (κ3) is 3.03. The van der Waals surface area contributed by atoms with E-state index in [9.17, 15) is 9.59 Å². The van der Waals surface area contributed by atoms with Crippen molar-refractivity contribution in [3.63, 3.8) is 0 Å². The number of rotatable bonds is 5. The monoisotopic (exact) mass is 327 g/mol. The van der Waals surface area contributed by atoms with Gasteiger partial charge in [0.1, 0.15) is 6.04 Å². The molecular weight excluding hydrogens is 302 g/mol. The Labute approximate surface area is 142 Å². The van der Waals surface area contributed by atoms with Crippen LogP contribution in [0.2, 0.25) is 0 Å². The summed E-state index contributed by atoms with van der Waals surface area (Å²) in [5, 5.41) is 4.08. The number of para-hydroxylation sites is 1. The largest absolute Gasteiger partial charge is 0.368 e. The lowest BCUT2D eigenvalue weighted by molar-refractivity contribution is -0.131. The third-order valence-corrected chi connectivity index (χ3v) is 5.28. The number of hydrogen-bond donors (Lipinski definition) is 3. The number of aromatic nitrogens is 1. The molecule has 0 bridgehead atoms. The van der Waals surface area contributed by atoms with E-state index in [0.717, 1.165) is 24.8 Å². The van der Waals surface area contributed by atoms with Gasteiger partial charge in [0.2, 0.25) is 11.8 Å². The summed E-state index contributed by atoms with van der Waals surface area (Å²) in [7, 11) is 0. The molecule has 1 aliphatic carbocycles. The standard InChI is InChI=1S/C19H25N3O2/c1-3-11(2)17(18(20)23)22-19(24)12-8-9-16-14(10-12)13-6-4-5-7-15(13)21-16/h4-7,11-12,17,21H,3,8-10H2,1-2H3,(H2,20,23)(H,22,24)/t11-,12?,17?/m0/s1. The Bertz CT molecular complexity index is 765. The van der Waals surface area contributed by atoms with Crippen molar-refractivity contribution in [3.05, 3.63) is 35.5 Å². The Kier molecular flexibility index (Phi) is 4.60.